The zero-order valence-corrected chi connectivity index (χ0v) is 17.8. The molecule has 0 saturated heterocycles. The fourth-order valence-electron chi connectivity index (χ4n) is 2.12. The molecule has 0 aliphatic carbocycles. The number of hydrogen-bond acceptors (Lipinski definition) is 4. The molecule has 0 heterocycles. The van der Waals surface area contributed by atoms with Gasteiger partial charge in [0.2, 0.25) is 5.91 Å². The van der Waals surface area contributed by atoms with E-state index in [1.807, 2.05) is 0 Å². The van der Waals surface area contributed by atoms with E-state index < -0.39 is 5.91 Å². The van der Waals surface area contributed by atoms with E-state index in [2.05, 4.69) is 16.0 Å². The lowest BCUT2D eigenvalue weighted by Gasteiger charge is -2.15. The van der Waals surface area contributed by atoms with E-state index in [9.17, 15) is 9.59 Å². The quantitative estimate of drug-likeness (QED) is 0.587. The Bertz CT molecular complexity index is 919. The summed E-state index contributed by atoms with van der Waals surface area (Å²) in [6, 6.07) is 9.58. The van der Waals surface area contributed by atoms with Crippen LogP contribution in [-0.2, 0) is 4.79 Å². The maximum Gasteiger partial charge on any atom is 0.257 e. The van der Waals surface area contributed by atoms with Crippen molar-refractivity contribution in [3.05, 3.63) is 52.0 Å². The van der Waals surface area contributed by atoms with Crippen LogP contribution < -0.4 is 20.7 Å². The van der Waals surface area contributed by atoms with E-state index >= 15 is 0 Å². The lowest BCUT2D eigenvalue weighted by atomic mass is 10.2. The maximum absolute atomic E-state index is 12.3. The Labute approximate surface area is 178 Å². The van der Waals surface area contributed by atoms with Gasteiger partial charge in [-0.25, -0.2) is 0 Å². The summed E-state index contributed by atoms with van der Waals surface area (Å²) >= 11 is 16.9. The molecule has 6 nitrogen and oxygen atoms in total. The number of ether oxygens (including phenoxy) is 1. The molecule has 0 radical (unpaired) electrons. The second-order valence-corrected chi connectivity index (χ2v) is 7.32. The lowest BCUT2D eigenvalue weighted by Crippen LogP contribution is -2.34. The van der Waals surface area contributed by atoms with Gasteiger partial charge in [0.05, 0.1) is 22.8 Å². The van der Waals surface area contributed by atoms with E-state index in [4.69, 9.17) is 40.2 Å². The Kier molecular flexibility index (Phi) is 7.62. The normalized spacial score (nSPS) is 10.4. The van der Waals surface area contributed by atoms with Crippen LogP contribution in [0.4, 0.5) is 11.4 Å². The van der Waals surface area contributed by atoms with Gasteiger partial charge >= 0.3 is 0 Å². The van der Waals surface area contributed by atoms with Crippen LogP contribution in [0.15, 0.2) is 36.4 Å². The van der Waals surface area contributed by atoms with Gasteiger partial charge in [-0.15, -0.1) is 0 Å². The average Bonchev–Trinajstić information content (AvgIpc) is 2.64. The molecule has 0 aliphatic heterocycles. The van der Waals surface area contributed by atoms with Gasteiger partial charge in [0.15, 0.2) is 5.11 Å². The molecule has 0 aliphatic rings. The highest BCUT2D eigenvalue weighted by Crippen LogP contribution is 2.28. The minimum atomic E-state index is -0.427. The highest BCUT2D eigenvalue weighted by Gasteiger charge is 2.13. The predicted molar refractivity (Wildman–Crippen MR) is 117 cm³/mol. The number of nitrogens with one attached hydrogen (secondary N) is 3. The smallest absolute Gasteiger partial charge is 0.257 e. The zero-order valence-electron chi connectivity index (χ0n) is 15.4. The Hall–Kier alpha value is -2.35. The van der Waals surface area contributed by atoms with Crippen molar-refractivity contribution in [3.8, 4) is 5.75 Å². The number of rotatable bonds is 5. The molecule has 28 heavy (non-hydrogen) atoms. The number of halogens is 2. The average molecular weight is 440 g/mol. The third-order valence-electron chi connectivity index (χ3n) is 3.65. The molecule has 0 fully saturated rings. The Morgan fingerprint density at radius 1 is 1.04 bits per heavy atom. The number of amides is 2. The number of thiocarbonyl (C=S) groups is 1. The van der Waals surface area contributed by atoms with Gasteiger partial charge in [-0.2, -0.15) is 0 Å². The van der Waals surface area contributed by atoms with Crippen molar-refractivity contribution in [1.82, 2.24) is 5.32 Å². The highest BCUT2D eigenvalue weighted by molar-refractivity contribution is 7.80. The van der Waals surface area contributed by atoms with E-state index in [1.165, 1.54) is 19.2 Å². The van der Waals surface area contributed by atoms with Gasteiger partial charge in [-0.3, -0.25) is 14.9 Å². The fourth-order valence-corrected chi connectivity index (χ4v) is 2.63. The van der Waals surface area contributed by atoms with Crippen molar-refractivity contribution in [2.24, 2.45) is 5.92 Å². The van der Waals surface area contributed by atoms with Crippen LogP contribution in [0.25, 0.3) is 0 Å². The molecule has 2 rings (SSSR count). The lowest BCUT2D eigenvalue weighted by molar-refractivity contribution is -0.118. The molecule has 148 valence electrons. The van der Waals surface area contributed by atoms with Crippen molar-refractivity contribution in [3.63, 3.8) is 0 Å². The summed E-state index contributed by atoms with van der Waals surface area (Å²) < 4.78 is 5.31. The van der Waals surface area contributed by atoms with E-state index in [1.54, 1.807) is 38.1 Å². The van der Waals surface area contributed by atoms with Gasteiger partial charge < -0.3 is 15.4 Å². The van der Waals surface area contributed by atoms with Gasteiger partial charge in [-0.05, 0) is 42.5 Å². The molecule has 0 bridgehead atoms. The molecule has 0 atom stereocenters. The highest BCUT2D eigenvalue weighted by atomic mass is 35.5. The fraction of sp³-hybridized carbons (Fsp3) is 0.211. The number of carbonyl (C=O) groups excluding carboxylic acids is 2. The SMILES string of the molecule is COc1cc(NC(=S)NC(=O)c2ccc(Cl)c(Cl)c2)ccc1NC(=O)C(C)C. The van der Waals surface area contributed by atoms with Crippen LogP contribution in [-0.4, -0.2) is 24.0 Å². The summed E-state index contributed by atoms with van der Waals surface area (Å²) in [6.07, 6.45) is 0. The number of benzene rings is 2. The molecule has 0 spiro atoms. The van der Waals surface area contributed by atoms with Gasteiger partial charge in [-0.1, -0.05) is 37.0 Å². The predicted octanol–water partition coefficient (Wildman–Crippen LogP) is 4.72. The van der Waals surface area contributed by atoms with Crippen LogP contribution in [0, 0.1) is 5.92 Å². The van der Waals surface area contributed by atoms with Crippen LogP contribution in [0.1, 0.15) is 24.2 Å². The summed E-state index contributed by atoms with van der Waals surface area (Å²) in [7, 11) is 1.49. The van der Waals surface area contributed by atoms with Gasteiger partial charge in [0.1, 0.15) is 5.75 Å². The number of carbonyl (C=O) groups is 2. The van der Waals surface area contributed by atoms with Gasteiger partial charge in [0.25, 0.3) is 5.91 Å². The molecule has 3 N–H and O–H groups in total. The summed E-state index contributed by atoms with van der Waals surface area (Å²) in [6.45, 7) is 3.60. The van der Waals surface area contributed by atoms with Crippen LogP contribution in [0.5, 0.6) is 5.75 Å². The largest absolute Gasteiger partial charge is 0.494 e. The minimum absolute atomic E-state index is 0.0945. The van der Waals surface area contributed by atoms with E-state index in [-0.39, 0.29) is 22.0 Å². The van der Waals surface area contributed by atoms with Crippen molar-refractivity contribution < 1.29 is 14.3 Å². The molecule has 0 saturated carbocycles. The number of anilines is 2. The zero-order chi connectivity index (χ0) is 20.8. The second kappa shape index (κ2) is 9.73. The summed E-state index contributed by atoms with van der Waals surface area (Å²) in [5, 5.41) is 8.97. The third kappa shape index (κ3) is 5.82. The molecular weight excluding hydrogens is 421 g/mol. The summed E-state index contributed by atoms with van der Waals surface area (Å²) in [5.41, 5.74) is 1.44. The molecule has 2 amide bonds. The monoisotopic (exact) mass is 439 g/mol. The first-order chi connectivity index (χ1) is 13.2. The topological polar surface area (TPSA) is 79.5 Å². The Morgan fingerprint density at radius 3 is 2.36 bits per heavy atom. The van der Waals surface area contributed by atoms with E-state index in [0.717, 1.165) is 0 Å². The van der Waals surface area contributed by atoms with Crippen LogP contribution >= 0.6 is 35.4 Å². The standard InChI is InChI=1S/C19H19Cl2N3O3S/c1-10(2)17(25)23-15-7-5-12(9-16(15)27-3)22-19(28)24-18(26)11-4-6-13(20)14(21)8-11/h4-10H,1-3H3,(H,23,25)(H2,22,24,26,28). The molecule has 0 aromatic heterocycles. The van der Waals surface area contributed by atoms with Crippen molar-refractivity contribution in [2.75, 3.05) is 17.7 Å². The first kappa shape index (κ1) is 21.9. The van der Waals surface area contributed by atoms with Crippen LogP contribution in [0.2, 0.25) is 10.0 Å². The molecule has 2 aromatic rings. The van der Waals surface area contributed by atoms with Crippen molar-refractivity contribution in [2.45, 2.75) is 13.8 Å². The van der Waals surface area contributed by atoms with Gasteiger partial charge in [0, 0.05) is 23.2 Å². The minimum Gasteiger partial charge on any atom is -0.494 e. The molecule has 0 unspecified atom stereocenters. The third-order valence-corrected chi connectivity index (χ3v) is 4.59. The van der Waals surface area contributed by atoms with Crippen LogP contribution in [0.3, 0.4) is 0 Å². The first-order valence-corrected chi connectivity index (χ1v) is 9.44. The number of methoxy groups -OCH3 is 1. The molecule has 2 aromatic carbocycles. The summed E-state index contributed by atoms with van der Waals surface area (Å²) in [4.78, 5) is 24.1. The second-order valence-electron chi connectivity index (χ2n) is 6.10. The van der Waals surface area contributed by atoms with Crippen molar-refractivity contribution >= 4 is 63.7 Å². The molecular formula is C19H19Cl2N3O3S. The van der Waals surface area contributed by atoms with E-state index in [0.29, 0.717) is 27.7 Å². The van der Waals surface area contributed by atoms with Crippen molar-refractivity contribution in [1.29, 1.82) is 0 Å². The Balaban J connectivity index is 2.05. The molecule has 9 heteroatoms. The Morgan fingerprint density at radius 2 is 1.75 bits per heavy atom. The number of hydrogen-bond donors (Lipinski definition) is 3. The summed E-state index contributed by atoms with van der Waals surface area (Å²) in [5.74, 6) is -0.253. The first-order valence-electron chi connectivity index (χ1n) is 8.27. The maximum atomic E-state index is 12.3.